The zero-order valence-corrected chi connectivity index (χ0v) is 22.2. The van der Waals surface area contributed by atoms with Crippen molar-refractivity contribution < 1.29 is 14.3 Å². The maximum Gasteiger partial charge on any atom is 0.186 e. The van der Waals surface area contributed by atoms with Crippen molar-refractivity contribution in [2.24, 2.45) is 0 Å². The monoisotopic (exact) mass is 520 g/mol. The highest BCUT2D eigenvalue weighted by Gasteiger charge is 2.24. The van der Waals surface area contributed by atoms with E-state index in [-0.39, 0.29) is 11.6 Å². The molecular weight excluding hydrogens is 488 g/mol. The highest BCUT2D eigenvalue weighted by atomic mass is 16.5. The predicted molar refractivity (Wildman–Crippen MR) is 153 cm³/mol. The average Bonchev–Trinajstić information content (AvgIpc) is 3.61. The van der Waals surface area contributed by atoms with E-state index in [1.54, 1.807) is 20.2 Å². The number of benzene rings is 3. The lowest BCUT2D eigenvalue weighted by atomic mass is 9.96. The number of ether oxygens (including phenoxy) is 1. The predicted octanol–water partition coefficient (Wildman–Crippen LogP) is 5.64. The van der Waals surface area contributed by atoms with Gasteiger partial charge in [-0.1, -0.05) is 66.7 Å². The van der Waals surface area contributed by atoms with Gasteiger partial charge in [0, 0.05) is 53.6 Å². The van der Waals surface area contributed by atoms with Crippen molar-refractivity contribution in [1.29, 1.82) is 0 Å². The lowest BCUT2D eigenvalue weighted by Crippen LogP contribution is -2.30. The molecular formula is C32H32N4O3. The van der Waals surface area contributed by atoms with E-state index in [0.29, 0.717) is 30.8 Å². The molecule has 0 bridgehead atoms. The molecule has 0 saturated heterocycles. The number of nitrogens with one attached hydrogen (secondary N) is 2. The molecule has 2 heterocycles. The zero-order chi connectivity index (χ0) is 27.2. The van der Waals surface area contributed by atoms with Crippen LogP contribution in [-0.4, -0.2) is 46.6 Å². The van der Waals surface area contributed by atoms with E-state index >= 15 is 0 Å². The molecule has 39 heavy (non-hydrogen) atoms. The lowest BCUT2D eigenvalue weighted by molar-refractivity contribution is 0.0944. The molecule has 1 atom stereocenters. The van der Waals surface area contributed by atoms with Crippen LogP contribution >= 0.6 is 0 Å². The summed E-state index contributed by atoms with van der Waals surface area (Å²) in [6.45, 7) is 3.48. The van der Waals surface area contributed by atoms with Crippen molar-refractivity contribution in [2.45, 2.75) is 25.9 Å². The first-order valence-electron chi connectivity index (χ1n) is 13.1. The van der Waals surface area contributed by atoms with E-state index in [1.807, 2.05) is 83.8 Å². The number of aromatic amines is 1. The largest absolute Gasteiger partial charge is 0.383 e. The van der Waals surface area contributed by atoms with E-state index in [2.05, 4.69) is 21.5 Å². The van der Waals surface area contributed by atoms with E-state index in [1.165, 1.54) is 0 Å². The van der Waals surface area contributed by atoms with Gasteiger partial charge in [-0.2, -0.15) is 5.10 Å². The van der Waals surface area contributed by atoms with Gasteiger partial charge in [0.1, 0.15) is 0 Å². The summed E-state index contributed by atoms with van der Waals surface area (Å²) in [6, 6.07) is 23.0. The van der Waals surface area contributed by atoms with Gasteiger partial charge in [-0.15, -0.1) is 0 Å². The van der Waals surface area contributed by atoms with Crippen LogP contribution in [0.2, 0.25) is 0 Å². The van der Waals surface area contributed by atoms with E-state index in [9.17, 15) is 9.59 Å². The number of Topliss-reactive ketones (excluding diaryl/α,β-unsaturated/α-hetero) is 2. The molecule has 7 nitrogen and oxygen atoms in total. The summed E-state index contributed by atoms with van der Waals surface area (Å²) in [5, 5.41) is 8.78. The number of hydrogen-bond acceptors (Lipinski definition) is 5. The van der Waals surface area contributed by atoms with Gasteiger partial charge in [-0.05, 0) is 36.1 Å². The summed E-state index contributed by atoms with van der Waals surface area (Å²) in [5.74, 6) is 0.0666. The van der Waals surface area contributed by atoms with Crippen LogP contribution in [0.1, 0.15) is 44.8 Å². The quantitative estimate of drug-likeness (QED) is 0.208. The van der Waals surface area contributed by atoms with Crippen molar-refractivity contribution in [3.8, 4) is 11.1 Å². The maximum atomic E-state index is 13.9. The molecule has 0 saturated carbocycles. The first kappa shape index (κ1) is 26.3. The second-order valence-corrected chi connectivity index (χ2v) is 9.61. The molecule has 0 aliphatic carbocycles. The molecule has 0 amide bonds. The maximum absolute atomic E-state index is 13.9. The van der Waals surface area contributed by atoms with E-state index in [0.717, 1.165) is 39.6 Å². The molecule has 5 aromatic rings. The molecule has 0 aliphatic heterocycles. The molecule has 0 fully saturated rings. The van der Waals surface area contributed by atoms with E-state index in [4.69, 9.17) is 4.74 Å². The number of methoxy groups -OCH3 is 1. The van der Waals surface area contributed by atoms with Gasteiger partial charge < -0.3 is 15.0 Å². The Balaban J connectivity index is 1.35. The molecule has 0 spiro atoms. The summed E-state index contributed by atoms with van der Waals surface area (Å²) >= 11 is 0. The summed E-state index contributed by atoms with van der Waals surface area (Å²) in [7, 11) is 1.68. The number of ketones is 2. The lowest BCUT2D eigenvalue weighted by Gasteiger charge is -2.18. The first-order valence-corrected chi connectivity index (χ1v) is 13.1. The third-order valence-corrected chi connectivity index (χ3v) is 6.96. The SMILES string of the molecule is COCCn1cc(-c2ccc3c(C(=O)[C@@H](NCCc4ccc(C(C)=O)cc4)c4ccccc4)c[nH]c3c2)cn1. The third kappa shape index (κ3) is 6.06. The Kier molecular flexibility index (Phi) is 8.10. The number of rotatable bonds is 12. The summed E-state index contributed by atoms with van der Waals surface area (Å²) < 4.78 is 7.00. The van der Waals surface area contributed by atoms with Gasteiger partial charge in [0.15, 0.2) is 11.6 Å². The Hall–Kier alpha value is -4.33. The van der Waals surface area contributed by atoms with Crippen molar-refractivity contribution in [1.82, 2.24) is 20.1 Å². The van der Waals surface area contributed by atoms with Gasteiger partial charge in [0.2, 0.25) is 0 Å². The molecule has 3 aromatic carbocycles. The summed E-state index contributed by atoms with van der Waals surface area (Å²) in [4.78, 5) is 28.8. The van der Waals surface area contributed by atoms with Crippen molar-refractivity contribution in [3.63, 3.8) is 0 Å². The van der Waals surface area contributed by atoms with E-state index < -0.39 is 6.04 Å². The Labute approximate surface area is 227 Å². The molecule has 198 valence electrons. The topological polar surface area (TPSA) is 89.0 Å². The van der Waals surface area contributed by atoms with Crippen LogP contribution in [0.4, 0.5) is 0 Å². The van der Waals surface area contributed by atoms with Crippen LogP contribution in [-0.2, 0) is 17.7 Å². The third-order valence-electron chi connectivity index (χ3n) is 6.96. The van der Waals surface area contributed by atoms with Gasteiger partial charge in [0.05, 0.1) is 25.4 Å². The van der Waals surface area contributed by atoms with Crippen molar-refractivity contribution in [2.75, 3.05) is 20.3 Å². The van der Waals surface area contributed by atoms with Gasteiger partial charge in [-0.25, -0.2) is 0 Å². The Morgan fingerprint density at radius 1 is 1.03 bits per heavy atom. The molecule has 0 unspecified atom stereocenters. The molecule has 0 radical (unpaired) electrons. The molecule has 2 N–H and O–H groups in total. The Bertz CT molecular complexity index is 1570. The zero-order valence-electron chi connectivity index (χ0n) is 22.2. The van der Waals surface area contributed by atoms with Crippen molar-refractivity contribution in [3.05, 3.63) is 114 Å². The number of carbonyl (C=O) groups is 2. The number of carbonyl (C=O) groups excluding carboxylic acids is 2. The number of aromatic nitrogens is 3. The number of H-pyrrole nitrogens is 1. The number of hydrogen-bond donors (Lipinski definition) is 2. The van der Waals surface area contributed by atoms with Crippen LogP contribution in [0.3, 0.4) is 0 Å². The van der Waals surface area contributed by atoms with Crippen LogP contribution < -0.4 is 5.32 Å². The Morgan fingerprint density at radius 3 is 2.56 bits per heavy atom. The Morgan fingerprint density at radius 2 is 1.82 bits per heavy atom. The fourth-order valence-corrected chi connectivity index (χ4v) is 4.76. The molecule has 5 rings (SSSR count). The number of nitrogens with zero attached hydrogens (tertiary/aromatic N) is 2. The molecule has 2 aromatic heterocycles. The second-order valence-electron chi connectivity index (χ2n) is 9.61. The van der Waals surface area contributed by atoms with Gasteiger partial charge in [0.25, 0.3) is 0 Å². The van der Waals surface area contributed by atoms with Crippen LogP contribution in [0.5, 0.6) is 0 Å². The van der Waals surface area contributed by atoms with Gasteiger partial charge in [-0.3, -0.25) is 14.3 Å². The summed E-state index contributed by atoms with van der Waals surface area (Å²) in [5.41, 5.74) is 6.32. The van der Waals surface area contributed by atoms with Gasteiger partial charge >= 0.3 is 0 Å². The van der Waals surface area contributed by atoms with Crippen LogP contribution in [0.15, 0.2) is 91.4 Å². The summed E-state index contributed by atoms with van der Waals surface area (Å²) in [6.07, 6.45) is 6.38. The smallest absolute Gasteiger partial charge is 0.186 e. The normalized spacial score (nSPS) is 12.1. The number of fused-ring (bicyclic) bond motifs is 1. The van der Waals surface area contributed by atoms with Crippen LogP contribution in [0, 0.1) is 0 Å². The fourth-order valence-electron chi connectivity index (χ4n) is 4.76. The second kappa shape index (κ2) is 12.0. The van der Waals surface area contributed by atoms with Crippen molar-refractivity contribution >= 4 is 22.5 Å². The highest BCUT2D eigenvalue weighted by Crippen LogP contribution is 2.29. The minimum Gasteiger partial charge on any atom is -0.383 e. The highest BCUT2D eigenvalue weighted by molar-refractivity contribution is 6.11. The first-order chi connectivity index (χ1) is 19.0. The van der Waals surface area contributed by atoms with Crippen LogP contribution in [0.25, 0.3) is 22.0 Å². The minimum atomic E-state index is -0.486. The standard InChI is InChI=1S/C32H32N4O3/c1-22(37)24-10-8-23(9-11-24)14-15-33-31(25-6-4-3-5-7-25)32(38)29-20-34-30-18-26(12-13-28(29)30)27-19-35-36(21-27)16-17-39-2/h3-13,18-21,31,33-34H,14-17H2,1-2H3/t31-/m0/s1. The average molecular weight is 521 g/mol. The minimum absolute atomic E-state index is 0.0134. The molecule has 7 heteroatoms. The fraction of sp³-hybridized carbons (Fsp3) is 0.219. The molecule has 0 aliphatic rings.